The number of aliphatic hydroxyl groups is 1. The minimum absolute atomic E-state index is 0.0832. The summed E-state index contributed by atoms with van der Waals surface area (Å²) in [5, 5.41) is 13.6. The molecule has 0 saturated carbocycles. The molecule has 0 bridgehead atoms. The molecule has 156 valence electrons. The van der Waals surface area contributed by atoms with Gasteiger partial charge in [-0.1, -0.05) is 42.5 Å². The Bertz CT molecular complexity index is 1110. The van der Waals surface area contributed by atoms with Crippen molar-refractivity contribution in [3.8, 4) is 0 Å². The summed E-state index contributed by atoms with van der Waals surface area (Å²) in [4.78, 5) is 16.2. The number of carbonyl (C=O) groups is 1. The second kappa shape index (κ2) is 7.74. The molecule has 30 heavy (non-hydrogen) atoms. The van der Waals surface area contributed by atoms with Gasteiger partial charge in [-0.25, -0.2) is 0 Å². The minimum atomic E-state index is -0.927. The van der Waals surface area contributed by atoms with Gasteiger partial charge in [0.25, 0.3) is 0 Å². The molecule has 1 heterocycles. The van der Waals surface area contributed by atoms with Crippen LogP contribution in [-0.2, 0) is 11.3 Å². The largest absolute Gasteiger partial charge is 0.372 e. The molecule has 0 fully saturated rings. The Morgan fingerprint density at radius 3 is 2.53 bits per heavy atom. The first-order valence-corrected chi connectivity index (χ1v) is 10.4. The van der Waals surface area contributed by atoms with Crippen molar-refractivity contribution in [2.75, 3.05) is 9.80 Å². The summed E-state index contributed by atoms with van der Waals surface area (Å²) in [6.45, 7) is 8.03. The lowest BCUT2D eigenvalue weighted by atomic mass is 9.98. The molecule has 4 rings (SSSR count). The number of anilines is 2. The van der Waals surface area contributed by atoms with Gasteiger partial charge in [0.15, 0.2) is 0 Å². The highest BCUT2D eigenvalue weighted by Gasteiger charge is 2.38. The molecule has 5 heteroatoms. The highest BCUT2D eigenvalue weighted by atomic mass is 16.3. The van der Waals surface area contributed by atoms with Crippen LogP contribution in [0.5, 0.6) is 0 Å². The van der Waals surface area contributed by atoms with Gasteiger partial charge >= 0.3 is 0 Å². The summed E-state index contributed by atoms with van der Waals surface area (Å²) in [7, 11) is 0. The van der Waals surface area contributed by atoms with Gasteiger partial charge in [0.05, 0.1) is 23.5 Å². The van der Waals surface area contributed by atoms with Crippen molar-refractivity contribution in [3.63, 3.8) is 0 Å². The van der Waals surface area contributed by atoms with E-state index in [2.05, 4.69) is 31.2 Å². The van der Waals surface area contributed by atoms with Crippen molar-refractivity contribution in [3.05, 3.63) is 71.3 Å². The molecular formula is C25H29N3O2. The SMILES string of the molecule is CC(=O)N1c2cc(C)ccc2N(Cc2c(C)ccc3ccccc23)C(O)C(N)[C@@H]1C. The van der Waals surface area contributed by atoms with E-state index in [-0.39, 0.29) is 11.9 Å². The Kier molecular flexibility index (Phi) is 5.26. The molecule has 5 nitrogen and oxygen atoms in total. The molecule has 0 spiro atoms. The van der Waals surface area contributed by atoms with Crippen LogP contribution in [0.25, 0.3) is 10.8 Å². The molecule has 0 aromatic heterocycles. The summed E-state index contributed by atoms with van der Waals surface area (Å²) in [5.41, 5.74) is 11.4. The van der Waals surface area contributed by atoms with Crippen molar-refractivity contribution >= 4 is 28.1 Å². The van der Waals surface area contributed by atoms with Crippen molar-refractivity contribution in [2.24, 2.45) is 5.73 Å². The average Bonchev–Trinajstić information content (AvgIpc) is 2.79. The molecule has 1 aliphatic rings. The summed E-state index contributed by atoms with van der Waals surface area (Å²) in [5.74, 6) is -0.0832. The van der Waals surface area contributed by atoms with Crippen molar-refractivity contribution < 1.29 is 9.90 Å². The van der Waals surface area contributed by atoms with E-state index in [9.17, 15) is 9.90 Å². The van der Waals surface area contributed by atoms with Crippen molar-refractivity contribution in [2.45, 2.75) is 52.6 Å². The van der Waals surface area contributed by atoms with Gasteiger partial charge < -0.3 is 20.6 Å². The third-order valence-corrected chi connectivity index (χ3v) is 6.27. The highest BCUT2D eigenvalue weighted by molar-refractivity contribution is 5.97. The topological polar surface area (TPSA) is 69.8 Å². The Labute approximate surface area is 177 Å². The number of aryl methyl sites for hydroxylation is 2. The van der Waals surface area contributed by atoms with Gasteiger partial charge in [0, 0.05) is 13.5 Å². The van der Waals surface area contributed by atoms with Crippen LogP contribution in [0, 0.1) is 13.8 Å². The highest BCUT2D eigenvalue weighted by Crippen LogP contribution is 2.39. The first-order valence-electron chi connectivity index (χ1n) is 10.4. The third kappa shape index (κ3) is 3.34. The van der Waals surface area contributed by atoms with Crippen LogP contribution in [-0.4, -0.2) is 29.3 Å². The zero-order chi connectivity index (χ0) is 21.6. The molecular weight excluding hydrogens is 374 g/mol. The lowest BCUT2D eigenvalue weighted by molar-refractivity contribution is -0.117. The van der Waals surface area contributed by atoms with Crippen LogP contribution in [0.1, 0.15) is 30.5 Å². The van der Waals surface area contributed by atoms with Gasteiger partial charge in [-0.3, -0.25) is 4.79 Å². The van der Waals surface area contributed by atoms with Gasteiger partial charge in [0.1, 0.15) is 6.23 Å². The fourth-order valence-electron chi connectivity index (χ4n) is 4.52. The molecule has 3 aromatic rings. The molecule has 1 aliphatic heterocycles. The number of benzene rings is 3. The van der Waals surface area contributed by atoms with Crippen LogP contribution in [0.2, 0.25) is 0 Å². The van der Waals surface area contributed by atoms with E-state index < -0.39 is 12.3 Å². The molecule has 0 aliphatic carbocycles. The zero-order valence-electron chi connectivity index (χ0n) is 18.0. The second-order valence-electron chi connectivity index (χ2n) is 8.32. The monoisotopic (exact) mass is 403 g/mol. The maximum absolute atomic E-state index is 12.6. The number of aliphatic hydroxyl groups excluding tert-OH is 1. The van der Waals surface area contributed by atoms with Gasteiger partial charge in [-0.2, -0.15) is 0 Å². The predicted molar refractivity (Wildman–Crippen MR) is 123 cm³/mol. The maximum Gasteiger partial charge on any atom is 0.224 e. The Balaban J connectivity index is 1.90. The number of nitrogens with two attached hydrogens (primary N) is 1. The van der Waals surface area contributed by atoms with Crippen LogP contribution in [0.3, 0.4) is 0 Å². The van der Waals surface area contributed by atoms with E-state index in [1.807, 2.05) is 49.1 Å². The lowest BCUT2D eigenvalue weighted by Gasteiger charge is -2.34. The second-order valence-corrected chi connectivity index (χ2v) is 8.32. The van der Waals surface area contributed by atoms with E-state index >= 15 is 0 Å². The van der Waals surface area contributed by atoms with E-state index in [1.54, 1.807) is 11.8 Å². The van der Waals surface area contributed by atoms with Crippen LogP contribution >= 0.6 is 0 Å². The standard InChI is InChI=1S/C25H29N3O2/c1-15-9-12-22-23(13-15)28(18(4)29)17(3)24(26)25(30)27(22)14-21-16(2)10-11-19-7-5-6-8-20(19)21/h5-13,17,24-25,30H,14,26H2,1-4H3/t17-,24?,25?/m0/s1. The Morgan fingerprint density at radius 1 is 1.07 bits per heavy atom. The predicted octanol–water partition coefficient (Wildman–Crippen LogP) is 3.86. The van der Waals surface area contributed by atoms with Crippen molar-refractivity contribution in [1.82, 2.24) is 0 Å². The lowest BCUT2D eigenvalue weighted by Crippen LogP contribution is -2.56. The van der Waals surface area contributed by atoms with Crippen LogP contribution < -0.4 is 15.5 Å². The van der Waals surface area contributed by atoms with Crippen LogP contribution in [0.15, 0.2) is 54.6 Å². The number of nitrogens with zero attached hydrogens (tertiary/aromatic N) is 2. The molecule has 0 saturated heterocycles. The number of amides is 1. The number of carbonyl (C=O) groups excluding carboxylic acids is 1. The van der Waals surface area contributed by atoms with E-state index in [4.69, 9.17) is 5.73 Å². The molecule has 2 unspecified atom stereocenters. The van der Waals surface area contributed by atoms with E-state index in [0.29, 0.717) is 6.54 Å². The molecule has 1 amide bonds. The fourth-order valence-corrected chi connectivity index (χ4v) is 4.52. The number of hydrogen-bond donors (Lipinski definition) is 2. The number of rotatable bonds is 2. The van der Waals surface area contributed by atoms with Gasteiger partial charge in [-0.05, 0) is 60.4 Å². The molecule has 3 atom stereocenters. The molecule has 0 radical (unpaired) electrons. The first kappa shape index (κ1) is 20.4. The zero-order valence-corrected chi connectivity index (χ0v) is 18.0. The maximum atomic E-state index is 12.6. The van der Waals surface area contributed by atoms with E-state index in [0.717, 1.165) is 38.8 Å². The minimum Gasteiger partial charge on any atom is -0.372 e. The fraction of sp³-hybridized carbons (Fsp3) is 0.320. The summed E-state index contributed by atoms with van der Waals surface area (Å²) < 4.78 is 0. The molecule has 3 aromatic carbocycles. The van der Waals surface area contributed by atoms with Gasteiger partial charge in [-0.15, -0.1) is 0 Å². The van der Waals surface area contributed by atoms with E-state index in [1.165, 1.54) is 0 Å². The van der Waals surface area contributed by atoms with Gasteiger partial charge in [0.2, 0.25) is 5.91 Å². The Hall–Kier alpha value is -2.89. The number of fused-ring (bicyclic) bond motifs is 2. The quantitative estimate of drug-likeness (QED) is 0.682. The first-order chi connectivity index (χ1) is 14.3. The third-order valence-electron chi connectivity index (χ3n) is 6.27. The van der Waals surface area contributed by atoms with Crippen LogP contribution in [0.4, 0.5) is 11.4 Å². The average molecular weight is 404 g/mol. The number of hydrogen-bond acceptors (Lipinski definition) is 4. The Morgan fingerprint density at radius 2 is 1.80 bits per heavy atom. The normalized spacial score (nSPS) is 21.5. The van der Waals surface area contributed by atoms with Crippen molar-refractivity contribution in [1.29, 1.82) is 0 Å². The summed E-state index contributed by atoms with van der Waals surface area (Å²) >= 11 is 0. The smallest absolute Gasteiger partial charge is 0.224 e. The summed E-state index contributed by atoms with van der Waals surface area (Å²) in [6, 6.07) is 17.5. The molecule has 3 N–H and O–H groups in total. The summed E-state index contributed by atoms with van der Waals surface area (Å²) in [6.07, 6.45) is -0.927.